The molecule has 1 aromatic carbocycles. The van der Waals surface area contributed by atoms with Crippen LogP contribution in [0, 0.1) is 12.7 Å². The van der Waals surface area contributed by atoms with Crippen molar-refractivity contribution >= 4 is 44.9 Å². The van der Waals surface area contributed by atoms with Crippen LogP contribution in [0.5, 0.6) is 0 Å². The first kappa shape index (κ1) is 23.9. The van der Waals surface area contributed by atoms with E-state index in [0.29, 0.717) is 34.7 Å². The number of benzene rings is 1. The second-order valence-electron chi connectivity index (χ2n) is 9.09. The summed E-state index contributed by atoms with van der Waals surface area (Å²) in [5.41, 5.74) is 4.51. The Labute approximate surface area is 221 Å². The molecule has 0 radical (unpaired) electrons. The van der Waals surface area contributed by atoms with Crippen molar-refractivity contribution in [3.05, 3.63) is 65.7 Å². The second kappa shape index (κ2) is 9.79. The van der Waals surface area contributed by atoms with Gasteiger partial charge in [0.05, 0.1) is 40.0 Å². The van der Waals surface area contributed by atoms with Crippen LogP contribution in [-0.2, 0) is 4.79 Å². The van der Waals surface area contributed by atoms with E-state index in [1.54, 1.807) is 23.6 Å². The van der Waals surface area contributed by atoms with Gasteiger partial charge in [-0.05, 0) is 37.6 Å². The molecule has 0 aliphatic carbocycles. The van der Waals surface area contributed by atoms with Gasteiger partial charge in [0.25, 0.3) is 0 Å². The number of hydrogen-bond donors (Lipinski definition) is 3. The number of hydrogen-bond acceptors (Lipinski definition) is 6. The highest BCUT2D eigenvalue weighted by molar-refractivity contribution is 7.15. The minimum Gasteiger partial charge on any atom is -0.337 e. The first-order valence-electron chi connectivity index (χ1n) is 12.4. The molecule has 0 spiro atoms. The van der Waals surface area contributed by atoms with Crippen LogP contribution in [0.4, 0.5) is 10.1 Å². The number of aryl methyl sites for hydroxylation is 1. The number of H-pyrrole nitrogens is 2. The van der Waals surface area contributed by atoms with Crippen LogP contribution in [0.2, 0.25) is 0 Å². The van der Waals surface area contributed by atoms with E-state index in [4.69, 9.17) is 4.98 Å². The molecule has 1 amide bonds. The Morgan fingerprint density at radius 1 is 1.11 bits per heavy atom. The standard InChI is InChI=1S/C28H24FN7OS/c1-3-4-8-22(37)32-17-11-16(12-30-13-17)25-24(29)23-20(14-31-25)35-36-27(23)28-33-19-7-5-6-18(26(19)34-28)21-10-9-15(2)38-21/h5-7,9-14H,3-4,8H2,1-2H3,(H,32,37)(H,33,34)(H,35,36). The van der Waals surface area contributed by atoms with Crippen molar-refractivity contribution in [2.24, 2.45) is 0 Å². The summed E-state index contributed by atoms with van der Waals surface area (Å²) in [6.07, 6.45) is 6.74. The van der Waals surface area contributed by atoms with Gasteiger partial charge in [0, 0.05) is 33.5 Å². The molecule has 0 unspecified atom stereocenters. The molecule has 0 saturated heterocycles. The number of para-hydroxylation sites is 1. The minimum absolute atomic E-state index is 0.103. The van der Waals surface area contributed by atoms with Crippen molar-refractivity contribution in [1.82, 2.24) is 30.1 Å². The number of carbonyl (C=O) groups is 1. The van der Waals surface area contributed by atoms with Gasteiger partial charge < -0.3 is 10.3 Å². The summed E-state index contributed by atoms with van der Waals surface area (Å²) in [6.45, 7) is 4.10. The third-order valence-electron chi connectivity index (χ3n) is 6.34. The highest BCUT2D eigenvalue weighted by Gasteiger charge is 2.21. The van der Waals surface area contributed by atoms with E-state index < -0.39 is 5.82 Å². The smallest absolute Gasteiger partial charge is 0.224 e. The Morgan fingerprint density at radius 2 is 2.00 bits per heavy atom. The third kappa shape index (κ3) is 4.32. The first-order chi connectivity index (χ1) is 18.5. The van der Waals surface area contributed by atoms with Gasteiger partial charge in [-0.1, -0.05) is 25.5 Å². The Balaban J connectivity index is 1.41. The number of thiophene rings is 1. The van der Waals surface area contributed by atoms with Crippen LogP contribution in [0.15, 0.2) is 55.0 Å². The lowest BCUT2D eigenvalue weighted by Gasteiger charge is -2.08. The number of anilines is 1. The van der Waals surface area contributed by atoms with Crippen LogP contribution < -0.4 is 5.32 Å². The minimum atomic E-state index is -0.544. The molecule has 5 heterocycles. The fraction of sp³-hybridized carbons (Fsp3) is 0.179. The highest BCUT2D eigenvalue weighted by atomic mass is 32.1. The lowest BCUT2D eigenvalue weighted by atomic mass is 10.1. The lowest BCUT2D eigenvalue weighted by molar-refractivity contribution is -0.116. The van der Waals surface area contributed by atoms with Gasteiger partial charge in [-0.15, -0.1) is 11.3 Å². The quantitative estimate of drug-likeness (QED) is 0.211. The van der Waals surface area contributed by atoms with Crippen molar-refractivity contribution in [1.29, 1.82) is 0 Å². The van der Waals surface area contributed by atoms with Crippen molar-refractivity contribution in [2.75, 3.05) is 5.32 Å². The highest BCUT2D eigenvalue weighted by Crippen LogP contribution is 2.36. The SMILES string of the molecule is CCCCC(=O)Nc1cncc(-c2ncc3[nH]nc(-c4nc5c(-c6ccc(C)s6)cccc5[nH]4)c3c2F)c1. The van der Waals surface area contributed by atoms with Gasteiger partial charge in [0.2, 0.25) is 5.91 Å². The number of fused-ring (bicyclic) bond motifs is 2. The largest absolute Gasteiger partial charge is 0.337 e. The predicted octanol–water partition coefficient (Wildman–Crippen LogP) is 6.87. The van der Waals surface area contributed by atoms with E-state index in [-0.39, 0.29) is 17.0 Å². The molecule has 8 nitrogen and oxygen atoms in total. The van der Waals surface area contributed by atoms with Crippen LogP contribution in [0.3, 0.4) is 0 Å². The number of nitrogens with zero attached hydrogens (tertiary/aromatic N) is 4. The molecule has 38 heavy (non-hydrogen) atoms. The maximum Gasteiger partial charge on any atom is 0.224 e. The zero-order chi connectivity index (χ0) is 26.2. The summed E-state index contributed by atoms with van der Waals surface area (Å²) in [5.74, 6) is -0.191. The summed E-state index contributed by atoms with van der Waals surface area (Å²) in [4.78, 5) is 31.1. The molecule has 0 fully saturated rings. The first-order valence-corrected chi connectivity index (χ1v) is 13.2. The Hall–Kier alpha value is -4.44. The zero-order valence-corrected chi connectivity index (χ0v) is 21.6. The monoisotopic (exact) mass is 525 g/mol. The molecule has 3 N–H and O–H groups in total. The number of halogens is 1. The Morgan fingerprint density at radius 3 is 2.82 bits per heavy atom. The van der Waals surface area contributed by atoms with Crippen molar-refractivity contribution in [3.63, 3.8) is 0 Å². The zero-order valence-electron chi connectivity index (χ0n) is 20.8. The summed E-state index contributed by atoms with van der Waals surface area (Å²) in [6, 6.07) is 11.8. The fourth-order valence-corrected chi connectivity index (χ4v) is 5.36. The molecular weight excluding hydrogens is 501 g/mol. The molecule has 5 aromatic heterocycles. The van der Waals surface area contributed by atoms with Crippen molar-refractivity contribution in [2.45, 2.75) is 33.1 Å². The van der Waals surface area contributed by atoms with E-state index in [1.165, 1.54) is 17.3 Å². The molecule has 6 rings (SSSR count). The average molecular weight is 526 g/mol. The fourth-order valence-electron chi connectivity index (χ4n) is 4.47. The van der Waals surface area contributed by atoms with Gasteiger partial charge >= 0.3 is 0 Å². The number of imidazole rings is 1. The van der Waals surface area contributed by atoms with E-state index in [9.17, 15) is 4.79 Å². The number of aromatic nitrogens is 6. The molecule has 6 aromatic rings. The average Bonchev–Trinajstić information content (AvgIpc) is 3.65. The van der Waals surface area contributed by atoms with Gasteiger partial charge in [0.1, 0.15) is 11.4 Å². The second-order valence-corrected chi connectivity index (χ2v) is 10.4. The van der Waals surface area contributed by atoms with Gasteiger partial charge in [0.15, 0.2) is 11.6 Å². The summed E-state index contributed by atoms with van der Waals surface area (Å²) < 4.78 is 16.0. The van der Waals surface area contributed by atoms with E-state index in [1.807, 2.05) is 25.1 Å². The number of nitrogens with one attached hydrogen (secondary N) is 3. The maximum absolute atomic E-state index is 16.0. The molecular formula is C28H24FN7OS. The third-order valence-corrected chi connectivity index (χ3v) is 7.37. The number of unbranched alkanes of at least 4 members (excludes halogenated alkanes) is 1. The predicted molar refractivity (Wildman–Crippen MR) is 148 cm³/mol. The molecule has 0 atom stereocenters. The Kier molecular flexibility index (Phi) is 6.16. The number of aromatic amines is 2. The molecule has 0 saturated carbocycles. The summed E-state index contributed by atoms with van der Waals surface area (Å²) in [5, 5.41) is 10.4. The van der Waals surface area contributed by atoms with Crippen LogP contribution in [0.1, 0.15) is 31.1 Å². The molecule has 0 aliphatic rings. The number of amides is 1. The summed E-state index contributed by atoms with van der Waals surface area (Å²) >= 11 is 1.70. The molecule has 190 valence electrons. The number of rotatable bonds is 7. The number of carbonyl (C=O) groups excluding carboxylic acids is 1. The normalized spacial score (nSPS) is 11.4. The van der Waals surface area contributed by atoms with E-state index in [0.717, 1.165) is 34.3 Å². The van der Waals surface area contributed by atoms with Crippen LogP contribution in [0.25, 0.3) is 55.2 Å². The van der Waals surface area contributed by atoms with Crippen molar-refractivity contribution < 1.29 is 9.18 Å². The van der Waals surface area contributed by atoms with Gasteiger partial charge in [-0.3, -0.25) is 19.9 Å². The van der Waals surface area contributed by atoms with E-state index in [2.05, 4.69) is 49.5 Å². The van der Waals surface area contributed by atoms with Gasteiger partial charge in [-0.25, -0.2) is 9.37 Å². The number of pyridine rings is 2. The van der Waals surface area contributed by atoms with Crippen molar-refractivity contribution in [3.8, 4) is 33.2 Å². The van der Waals surface area contributed by atoms with Crippen LogP contribution >= 0.6 is 11.3 Å². The molecule has 0 aliphatic heterocycles. The topological polar surface area (TPSA) is 112 Å². The lowest BCUT2D eigenvalue weighted by Crippen LogP contribution is -2.11. The Bertz CT molecular complexity index is 1800. The van der Waals surface area contributed by atoms with Gasteiger partial charge in [-0.2, -0.15) is 5.10 Å². The maximum atomic E-state index is 16.0. The van der Waals surface area contributed by atoms with Crippen LogP contribution in [-0.4, -0.2) is 36.0 Å². The summed E-state index contributed by atoms with van der Waals surface area (Å²) in [7, 11) is 0. The molecule has 0 bridgehead atoms. The molecule has 10 heteroatoms. The van der Waals surface area contributed by atoms with E-state index >= 15 is 4.39 Å².